The molecule has 4 aromatic rings. The van der Waals surface area contributed by atoms with Gasteiger partial charge in [-0.1, -0.05) is 12.1 Å². The van der Waals surface area contributed by atoms with Gasteiger partial charge < -0.3 is 19.9 Å². The molecule has 2 amide bonds. The minimum absolute atomic E-state index is 0.0535. The summed E-state index contributed by atoms with van der Waals surface area (Å²) in [5, 5.41) is 23.5. The molecule has 0 radical (unpaired) electrons. The van der Waals surface area contributed by atoms with Gasteiger partial charge in [0.25, 0.3) is 0 Å². The van der Waals surface area contributed by atoms with Gasteiger partial charge >= 0.3 is 6.03 Å². The van der Waals surface area contributed by atoms with Crippen LogP contribution in [0.25, 0.3) is 22.2 Å². The Labute approximate surface area is 215 Å². The van der Waals surface area contributed by atoms with Gasteiger partial charge in [0.15, 0.2) is 0 Å². The van der Waals surface area contributed by atoms with Crippen molar-refractivity contribution in [1.82, 2.24) is 25.1 Å². The normalized spacial score (nSPS) is 13.4. The van der Waals surface area contributed by atoms with Crippen LogP contribution in [0.4, 0.5) is 10.5 Å². The number of aromatic nitrogens is 4. The van der Waals surface area contributed by atoms with Crippen LogP contribution in [0.15, 0.2) is 48.8 Å². The van der Waals surface area contributed by atoms with E-state index in [4.69, 9.17) is 4.74 Å². The number of amides is 2. The summed E-state index contributed by atoms with van der Waals surface area (Å²) in [6.45, 7) is 4.40. The molecule has 37 heavy (non-hydrogen) atoms. The Morgan fingerprint density at radius 1 is 1.24 bits per heavy atom. The predicted octanol–water partition coefficient (Wildman–Crippen LogP) is 5.56. The van der Waals surface area contributed by atoms with Crippen LogP contribution in [-0.2, 0) is 6.42 Å². The second-order valence-electron chi connectivity index (χ2n) is 9.68. The second-order valence-corrected chi connectivity index (χ2v) is 9.68. The number of aromatic amines is 1. The fourth-order valence-electron chi connectivity index (χ4n) is 4.72. The number of nitrogens with one attached hydrogen (secondary N) is 3. The summed E-state index contributed by atoms with van der Waals surface area (Å²) in [7, 11) is 0. The molecule has 0 spiro atoms. The first-order valence-electron chi connectivity index (χ1n) is 12.8. The van der Waals surface area contributed by atoms with Crippen LogP contribution < -0.4 is 15.4 Å². The van der Waals surface area contributed by atoms with Gasteiger partial charge in [0.1, 0.15) is 24.0 Å². The van der Waals surface area contributed by atoms with E-state index in [2.05, 4.69) is 42.5 Å². The molecule has 9 nitrogen and oxygen atoms in total. The van der Waals surface area contributed by atoms with Crippen molar-refractivity contribution < 1.29 is 9.53 Å². The molecule has 1 saturated carbocycles. The van der Waals surface area contributed by atoms with Crippen LogP contribution >= 0.6 is 0 Å². The quantitative estimate of drug-likeness (QED) is 0.261. The minimum Gasteiger partial charge on any atom is -0.494 e. The van der Waals surface area contributed by atoms with Crippen molar-refractivity contribution in [2.45, 2.75) is 58.0 Å². The van der Waals surface area contributed by atoms with Crippen molar-refractivity contribution in [1.29, 1.82) is 5.26 Å². The van der Waals surface area contributed by atoms with Gasteiger partial charge in [-0.2, -0.15) is 10.4 Å². The minimum atomic E-state index is -0.239. The van der Waals surface area contributed by atoms with E-state index in [0.29, 0.717) is 23.9 Å². The lowest BCUT2D eigenvalue weighted by Crippen LogP contribution is -2.34. The highest BCUT2D eigenvalue weighted by molar-refractivity contribution is 5.96. The molecular weight excluding hydrogens is 466 g/mol. The number of rotatable bonds is 9. The maximum atomic E-state index is 12.1. The molecule has 1 aliphatic carbocycles. The number of urea groups is 1. The van der Waals surface area contributed by atoms with Crippen LogP contribution in [0, 0.1) is 11.3 Å². The molecule has 9 heteroatoms. The van der Waals surface area contributed by atoms with E-state index in [1.807, 2.05) is 50.2 Å². The number of H-pyrrole nitrogens is 1. The number of nitrogens with zero attached hydrogens (tertiary/aromatic N) is 4. The molecule has 0 bridgehead atoms. The summed E-state index contributed by atoms with van der Waals surface area (Å²) in [4.78, 5) is 16.2. The Balaban J connectivity index is 1.43. The Bertz CT molecular complexity index is 1410. The number of nitriles is 1. The molecule has 0 aliphatic heterocycles. The van der Waals surface area contributed by atoms with Crippen LogP contribution in [0.3, 0.4) is 0 Å². The van der Waals surface area contributed by atoms with Crippen LogP contribution in [0.1, 0.15) is 57.0 Å². The maximum Gasteiger partial charge on any atom is 0.319 e. The van der Waals surface area contributed by atoms with Gasteiger partial charge in [0, 0.05) is 35.6 Å². The van der Waals surface area contributed by atoms with E-state index < -0.39 is 0 Å². The third-order valence-electron chi connectivity index (χ3n) is 6.65. The maximum absolute atomic E-state index is 12.1. The zero-order valence-electron chi connectivity index (χ0n) is 21.1. The molecule has 2 aromatic carbocycles. The van der Waals surface area contributed by atoms with Crippen LogP contribution in [0.2, 0.25) is 0 Å². The summed E-state index contributed by atoms with van der Waals surface area (Å²) >= 11 is 0. The molecule has 1 aliphatic rings. The number of fused-ring (bicyclic) bond motifs is 1. The smallest absolute Gasteiger partial charge is 0.319 e. The summed E-state index contributed by atoms with van der Waals surface area (Å²) in [6.07, 6.45) is 6.44. The largest absolute Gasteiger partial charge is 0.494 e. The van der Waals surface area contributed by atoms with Crippen molar-refractivity contribution in [3.05, 3.63) is 60.2 Å². The number of aryl methyl sites for hydroxylation is 1. The highest BCUT2D eigenvalue weighted by Gasteiger charge is 2.28. The van der Waals surface area contributed by atoms with Gasteiger partial charge in [0.2, 0.25) is 0 Å². The van der Waals surface area contributed by atoms with E-state index in [-0.39, 0.29) is 12.1 Å². The number of benzene rings is 2. The Hall–Kier alpha value is -4.32. The van der Waals surface area contributed by atoms with Gasteiger partial charge in [-0.15, -0.1) is 0 Å². The lowest BCUT2D eigenvalue weighted by Gasteiger charge is -2.30. The number of carbonyl (C=O) groups excluding carboxylic acids is 1. The number of hydrogen-bond acceptors (Lipinski definition) is 5. The van der Waals surface area contributed by atoms with E-state index >= 15 is 0 Å². The summed E-state index contributed by atoms with van der Waals surface area (Å²) in [5.41, 5.74) is 4.25. The summed E-state index contributed by atoms with van der Waals surface area (Å²) in [5.74, 6) is 1.64. The molecule has 190 valence electrons. The zero-order valence-corrected chi connectivity index (χ0v) is 21.1. The SMILES string of the molecule is CC(C)NC(=O)Nc1ccc(-c2c(C#N)c3ccc(OCCCc4ncn[nH]4)cc3n2C2CCC2)cc1. The highest BCUT2D eigenvalue weighted by atomic mass is 16.5. The summed E-state index contributed by atoms with van der Waals surface area (Å²) in [6, 6.07) is 16.3. The van der Waals surface area contributed by atoms with Crippen LogP contribution in [0.5, 0.6) is 5.75 Å². The number of ether oxygens (including phenoxy) is 1. The first-order valence-corrected chi connectivity index (χ1v) is 12.8. The first-order chi connectivity index (χ1) is 18.0. The second kappa shape index (κ2) is 10.7. The van der Waals surface area contributed by atoms with Crippen molar-refractivity contribution in [3.63, 3.8) is 0 Å². The lowest BCUT2D eigenvalue weighted by atomic mass is 9.92. The monoisotopic (exact) mass is 497 g/mol. The molecule has 2 heterocycles. The molecule has 0 unspecified atom stereocenters. The van der Waals surface area contributed by atoms with E-state index in [1.54, 1.807) is 0 Å². The third kappa shape index (κ3) is 5.28. The first kappa shape index (κ1) is 24.4. The molecule has 0 saturated heterocycles. The molecule has 1 fully saturated rings. The highest BCUT2D eigenvalue weighted by Crippen LogP contribution is 2.43. The van der Waals surface area contributed by atoms with Gasteiger partial charge in [-0.25, -0.2) is 9.78 Å². The average molecular weight is 498 g/mol. The van der Waals surface area contributed by atoms with Crippen molar-refractivity contribution in [2.24, 2.45) is 0 Å². The molecule has 2 aromatic heterocycles. The average Bonchev–Trinajstić information content (AvgIpc) is 3.47. The third-order valence-corrected chi connectivity index (χ3v) is 6.65. The van der Waals surface area contributed by atoms with Crippen molar-refractivity contribution in [3.8, 4) is 23.1 Å². The standard InChI is InChI=1S/C28H31N7O2/c1-18(2)32-28(36)33-20-10-8-19(9-11-20)27-24(16-29)23-13-12-22(15-25(23)35(27)21-5-3-6-21)37-14-4-7-26-30-17-31-34-26/h8-13,15,17-18,21H,3-7,14H2,1-2H3,(H,30,31,34)(H2,32,33,36). The zero-order chi connectivity index (χ0) is 25.8. The molecule has 0 atom stereocenters. The van der Waals surface area contributed by atoms with Crippen molar-refractivity contribution in [2.75, 3.05) is 11.9 Å². The van der Waals surface area contributed by atoms with Crippen LogP contribution in [-0.4, -0.2) is 38.4 Å². The van der Waals surface area contributed by atoms with Crippen molar-refractivity contribution >= 4 is 22.6 Å². The lowest BCUT2D eigenvalue weighted by molar-refractivity contribution is 0.250. The Morgan fingerprint density at radius 3 is 2.70 bits per heavy atom. The molecule has 5 rings (SSSR count). The molecular formula is C28H31N7O2. The van der Waals surface area contributed by atoms with E-state index in [0.717, 1.165) is 59.4 Å². The molecule has 3 N–H and O–H groups in total. The Kier molecular flexibility index (Phi) is 7.08. The fourth-order valence-corrected chi connectivity index (χ4v) is 4.72. The van der Waals surface area contributed by atoms with Gasteiger partial charge in [0.05, 0.1) is 23.4 Å². The predicted molar refractivity (Wildman–Crippen MR) is 142 cm³/mol. The van der Waals surface area contributed by atoms with E-state index in [1.165, 1.54) is 12.7 Å². The van der Waals surface area contributed by atoms with E-state index in [9.17, 15) is 10.1 Å². The Morgan fingerprint density at radius 2 is 2.05 bits per heavy atom. The van der Waals surface area contributed by atoms with Gasteiger partial charge in [-0.05, 0) is 69.4 Å². The summed E-state index contributed by atoms with van der Waals surface area (Å²) < 4.78 is 8.38. The number of hydrogen-bond donors (Lipinski definition) is 3. The fraction of sp³-hybridized carbons (Fsp3) is 0.357. The number of carbonyl (C=O) groups is 1. The number of anilines is 1. The van der Waals surface area contributed by atoms with Gasteiger partial charge in [-0.3, -0.25) is 5.10 Å². The topological polar surface area (TPSA) is 121 Å².